The van der Waals surface area contributed by atoms with Crippen LogP contribution in [0.4, 0.5) is 0 Å². The third-order valence-corrected chi connectivity index (χ3v) is 5.88. The summed E-state index contributed by atoms with van der Waals surface area (Å²) in [5.41, 5.74) is -0.562. The van der Waals surface area contributed by atoms with E-state index in [1.165, 1.54) is 10.6 Å². The largest absolute Gasteiger partial charge is 0.342 e. The van der Waals surface area contributed by atoms with E-state index < -0.39 is 15.4 Å². The van der Waals surface area contributed by atoms with Crippen molar-refractivity contribution in [2.75, 3.05) is 45.5 Å². The Bertz CT molecular complexity index is 488. The summed E-state index contributed by atoms with van der Waals surface area (Å²) in [6, 6.07) is 0. The SMILES string of the molecule is CCCN(CCC)C(=O)[C@@]12CNC[C@@H]1CN(S(C)(=O)=O)C2. The summed E-state index contributed by atoms with van der Waals surface area (Å²) >= 11 is 0. The van der Waals surface area contributed by atoms with E-state index in [0.717, 1.165) is 32.5 Å². The number of hydrogen-bond acceptors (Lipinski definition) is 4. The van der Waals surface area contributed by atoms with Gasteiger partial charge in [0.2, 0.25) is 15.9 Å². The zero-order chi connectivity index (χ0) is 15.7. The van der Waals surface area contributed by atoms with Crippen LogP contribution in [0.3, 0.4) is 0 Å². The van der Waals surface area contributed by atoms with Crippen LogP contribution in [0, 0.1) is 11.3 Å². The number of hydrogen-bond donors (Lipinski definition) is 1. The van der Waals surface area contributed by atoms with Crippen LogP contribution in [0.2, 0.25) is 0 Å². The Hall–Kier alpha value is -0.660. The van der Waals surface area contributed by atoms with Gasteiger partial charge in [-0.2, -0.15) is 0 Å². The van der Waals surface area contributed by atoms with E-state index >= 15 is 0 Å². The number of sulfonamides is 1. The molecule has 2 aliphatic heterocycles. The highest BCUT2D eigenvalue weighted by Crippen LogP contribution is 2.41. The van der Waals surface area contributed by atoms with Gasteiger partial charge in [0.25, 0.3) is 0 Å². The minimum Gasteiger partial charge on any atom is -0.342 e. The summed E-state index contributed by atoms with van der Waals surface area (Å²) in [5.74, 6) is 0.225. The van der Waals surface area contributed by atoms with Crippen LogP contribution in [0.25, 0.3) is 0 Å². The van der Waals surface area contributed by atoms with Gasteiger partial charge in [0.15, 0.2) is 0 Å². The summed E-state index contributed by atoms with van der Waals surface area (Å²) < 4.78 is 25.1. The van der Waals surface area contributed by atoms with Gasteiger partial charge in [-0.25, -0.2) is 12.7 Å². The molecule has 2 saturated heterocycles. The molecule has 0 aromatic rings. The maximum Gasteiger partial charge on any atom is 0.231 e. The van der Waals surface area contributed by atoms with Gasteiger partial charge >= 0.3 is 0 Å². The van der Waals surface area contributed by atoms with E-state index in [-0.39, 0.29) is 11.8 Å². The fourth-order valence-electron chi connectivity index (χ4n) is 3.60. The molecule has 0 radical (unpaired) electrons. The molecule has 1 amide bonds. The van der Waals surface area contributed by atoms with E-state index in [9.17, 15) is 13.2 Å². The molecular formula is C14H27N3O3S. The molecule has 2 fully saturated rings. The van der Waals surface area contributed by atoms with Crippen molar-refractivity contribution in [1.29, 1.82) is 0 Å². The van der Waals surface area contributed by atoms with Gasteiger partial charge < -0.3 is 10.2 Å². The van der Waals surface area contributed by atoms with E-state index in [1.807, 2.05) is 4.90 Å². The maximum atomic E-state index is 13.1. The zero-order valence-corrected chi connectivity index (χ0v) is 14.1. The van der Waals surface area contributed by atoms with Crippen molar-refractivity contribution >= 4 is 15.9 Å². The van der Waals surface area contributed by atoms with E-state index in [1.54, 1.807) is 0 Å². The lowest BCUT2D eigenvalue weighted by Gasteiger charge is -2.33. The number of fused-ring (bicyclic) bond motifs is 1. The van der Waals surface area contributed by atoms with Crippen LogP contribution in [0.15, 0.2) is 0 Å². The zero-order valence-electron chi connectivity index (χ0n) is 13.3. The quantitative estimate of drug-likeness (QED) is 0.755. The van der Waals surface area contributed by atoms with Crippen LogP contribution in [0.1, 0.15) is 26.7 Å². The Balaban J connectivity index is 2.24. The molecule has 7 heteroatoms. The number of nitrogens with one attached hydrogen (secondary N) is 1. The molecule has 0 bridgehead atoms. The summed E-state index contributed by atoms with van der Waals surface area (Å²) in [6.07, 6.45) is 3.08. The molecule has 2 heterocycles. The van der Waals surface area contributed by atoms with Crippen LogP contribution in [-0.4, -0.2) is 69.1 Å². The highest BCUT2D eigenvalue weighted by atomic mass is 32.2. The van der Waals surface area contributed by atoms with E-state index in [4.69, 9.17) is 0 Å². The maximum absolute atomic E-state index is 13.1. The summed E-state index contributed by atoms with van der Waals surface area (Å²) in [6.45, 7) is 7.73. The number of rotatable bonds is 6. The third kappa shape index (κ3) is 3.10. The Kier molecular flexibility index (Phi) is 4.95. The lowest BCUT2D eigenvalue weighted by Crippen LogP contribution is -2.50. The molecule has 0 aromatic heterocycles. The molecule has 0 aliphatic carbocycles. The molecule has 122 valence electrons. The molecule has 0 aromatic carbocycles. The molecule has 2 aliphatic rings. The second kappa shape index (κ2) is 6.22. The third-order valence-electron chi connectivity index (χ3n) is 4.66. The van der Waals surface area contributed by atoms with Gasteiger partial charge in [-0.3, -0.25) is 4.79 Å². The lowest BCUT2D eigenvalue weighted by atomic mass is 9.79. The summed E-state index contributed by atoms with van der Waals surface area (Å²) in [7, 11) is -3.23. The second-order valence-electron chi connectivity index (χ2n) is 6.33. The first-order valence-electron chi connectivity index (χ1n) is 7.80. The van der Waals surface area contributed by atoms with Crippen molar-refractivity contribution in [2.45, 2.75) is 26.7 Å². The van der Waals surface area contributed by atoms with Gasteiger partial charge in [-0.15, -0.1) is 0 Å². The highest BCUT2D eigenvalue weighted by molar-refractivity contribution is 7.88. The van der Waals surface area contributed by atoms with Crippen molar-refractivity contribution in [2.24, 2.45) is 11.3 Å². The molecular weight excluding hydrogens is 290 g/mol. The van der Waals surface area contributed by atoms with Gasteiger partial charge in [0.1, 0.15) is 0 Å². The van der Waals surface area contributed by atoms with Crippen molar-refractivity contribution in [3.05, 3.63) is 0 Å². The monoisotopic (exact) mass is 317 g/mol. The fourth-order valence-corrected chi connectivity index (χ4v) is 4.51. The number of nitrogens with zero attached hydrogens (tertiary/aromatic N) is 2. The standard InChI is InChI=1S/C14H27N3O3S/c1-4-6-16(7-5-2)13(18)14-10-15-8-12(14)9-17(11-14)21(3,19)20/h12,15H,4-11H2,1-3H3/t12-,14-/m1/s1. The van der Waals surface area contributed by atoms with Crippen LogP contribution in [-0.2, 0) is 14.8 Å². The number of amides is 1. The minimum atomic E-state index is -3.23. The summed E-state index contributed by atoms with van der Waals surface area (Å²) in [5, 5.41) is 3.29. The van der Waals surface area contributed by atoms with Crippen molar-refractivity contribution in [1.82, 2.24) is 14.5 Å². The molecule has 0 saturated carbocycles. The topological polar surface area (TPSA) is 69.7 Å². The summed E-state index contributed by atoms with van der Waals surface area (Å²) in [4.78, 5) is 15.0. The molecule has 0 spiro atoms. The first-order chi connectivity index (χ1) is 9.85. The van der Waals surface area contributed by atoms with Gasteiger partial charge in [0, 0.05) is 45.2 Å². The first-order valence-corrected chi connectivity index (χ1v) is 9.65. The highest BCUT2D eigenvalue weighted by Gasteiger charge is 2.57. The predicted octanol–water partition coefficient (Wildman–Crippen LogP) is 0.116. The van der Waals surface area contributed by atoms with Crippen molar-refractivity contribution < 1.29 is 13.2 Å². The normalized spacial score (nSPS) is 29.6. The molecule has 21 heavy (non-hydrogen) atoms. The average molecular weight is 317 g/mol. The molecule has 2 rings (SSSR count). The number of carbonyl (C=O) groups is 1. The van der Waals surface area contributed by atoms with Crippen molar-refractivity contribution in [3.63, 3.8) is 0 Å². The predicted molar refractivity (Wildman–Crippen MR) is 82.4 cm³/mol. The smallest absolute Gasteiger partial charge is 0.231 e. The van der Waals surface area contributed by atoms with E-state index in [0.29, 0.717) is 19.6 Å². The van der Waals surface area contributed by atoms with Crippen LogP contribution in [0.5, 0.6) is 0 Å². The van der Waals surface area contributed by atoms with E-state index in [2.05, 4.69) is 19.2 Å². The first kappa shape index (κ1) is 16.7. The molecule has 0 unspecified atom stereocenters. The molecule has 6 nitrogen and oxygen atoms in total. The minimum absolute atomic E-state index is 0.0935. The van der Waals surface area contributed by atoms with Crippen LogP contribution < -0.4 is 5.32 Å². The van der Waals surface area contributed by atoms with Gasteiger partial charge in [-0.1, -0.05) is 13.8 Å². The average Bonchev–Trinajstić information content (AvgIpc) is 2.94. The van der Waals surface area contributed by atoms with Crippen molar-refractivity contribution in [3.8, 4) is 0 Å². The Morgan fingerprint density at radius 1 is 1.33 bits per heavy atom. The van der Waals surface area contributed by atoms with Gasteiger partial charge in [0.05, 0.1) is 11.7 Å². The van der Waals surface area contributed by atoms with Gasteiger partial charge in [-0.05, 0) is 12.8 Å². The number of carbonyl (C=O) groups excluding carboxylic acids is 1. The Labute approximate surface area is 127 Å². The fraction of sp³-hybridized carbons (Fsp3) is 0.929. The Morgan fingerprint density at radius 3 is 2.48 bits per heavy atom. The second-order valence-corrected chi connectivity index (χ2v) is 8.31. The van der Waals surface area contributed by atoms with Crippen LogP contribution >= 0.6 is 0 Å². The molecule has 2 atom stereocenters. The Morgan fingerprint density at radius 2 is 1.95 bits per heavy atom. The lowest BCUT2D eigenvalue weighted by molar-refractivity contribution is -0.141. The molecule has 1 N–H and O–H groups in total.